The van der Waals surface area contributed by atoms with Crippen molar-refractivity contribution in [1.82, 2.24) is 0 Å². The molecule has 0 spiro atoms. The third kappa shape index (κ3) is 16.4. The Morgan fingerprint density at radius 1 is 0.829 bits per heavy atom. The molecule has 5 heteroatoms. The number of ether oxygens (including phenoxy) is 3. The largest absolute Gasteiger partial charge is 0.462 e. The second-order valence-electron chi connectivity index (χ2n) is 12.4. The Labute approximate surface area is 251 Å². The van der Waals surface area contributed by atoms with Crippen LogP contribution in [0.1, 0.15) is 152 Å². The Bertz CT molecular complexity index is 852. The first kappa shape index (κ1) is 33.6. The minimum atomic E-state index is -0.240. The summed E-state index contributed by atoms with van der Waals surface area (Å²) in [7, 11) is 0. The third-order valence-corrected chi connectivity index (χ3v) is 8.47. The molecule has 232 valence electrons. The maximum absolute atomic E-state index is 12.5. The van der Waals surface area contributed by atoms with Crippen LogP contribution < -0.4 is 5.32 Å². The van der Waals surface area contributed by atoms with Gasteiger partial charge in [-0.15, -0.1) is 0 Å². The quantitative estimate of drug-likeness (QED) is 0.0649. The van der Waals surface area contributed by atoms with E-state index in [9.17, 15) is 4.79 Å². The minimum Gasteiger partial charge on any atom is -0.462 e. The number of hydrogen-bond donors (Lipinski definition) is 1. The monoisotopic (exact) mass is 569 g/mol. The predicted octanol–water partition coefficient (Wildman–Crippen LogP) is 10.1. The van der Waals surface area contributed by atoms with Gasteiger partial charge in [-0.3, -0.25) is 0 Å². The van der Waals surface area contributed by atoms with Gasteiger partial charge in [0, 0.05) is 11.4 Å². The van der Waals surface area contributed by atoms with E-state index in [4.69, 9.17) is 14.2 Å². The second kappa shape index (κ2) is 20.9. The summed E-state index contributed by atoms with van der Waals surface area (Å²) in [4.78, 5) is 12.5. The molecule has 0 aromatic heterocycles. The van der Waals surface area contributed by atoms with Crippen LogP contribution in [0.25, 0.3) is 0 Å². The summed E-state index contributed by atoms with van der Waals surface area (Å²) in [6.45, 7) is 7.95. The highest BCUT2D eigenvalue weighted by atomic mass is 16.6. The van der Waals surface area contributed by atoms with Gasteiger partial charge in [0.1, 0.15) is 0 Å². The lowest BCUT2D eigenvalue weighted by atomic mass is 10.0. The topological polar surface area (TPSA) is 63.4 Å². The zero-order valence-corrected chi connectivity index (χ0v) is 26.1. The average Bonchev–Trinajstić information content (AvgIpc) is 3.91. The molecule has 1 aromatic carbocycles. The molecule has 41 heavy (non-hydrogen) atoms. The average molecular weight is 570 g/mol. The highest BCUT2D eigenvalue weighted by molar-refractivity contribution is 5.90. The Hall–Kier alpha value is -1.85. The van der Waals surface area contributed by atoms with Crippen molar-refractivity contribution in [3.05, 3.63) is 42.1 Å². The molecular formula is C36H59NO4. The van der Waals surface area contributed by atoms with Crippen molar-refractivity contribution < 1.29 is 19.0 Å². The third-order valence-electron chi connectivity index (χ3n) is 8.47. The molecule has 1 aromatic rings. The molecular weight excluding hydrogens is 510 g/mol. The van der Waals surface area contributed by atoms with Gasteiger partial charge in [-0.25, -0.2) is 4.79 Å². The van der Waals surface area contributed by atoms with E-state index >= 15 is 0 Å². The number of anilines is 1. The van der Waals surface area contributed by atoms with Crippen molar-refractivity contribution in [3.63, 3.8) is 0 Å². The van der Waals surface area contributed by atoms with Gasteiger partial charge in [0.15, 0.2) is 0 Å². The number of nitrogens with one attached hydrogen (secondary N) is 1. The van der Waals surface area contributed by atoms with Crippen LogP contribution in [0, 0.1) is 0 Å². The van der Waals surface area contributed by atoms with Gasteiger partial charge in [-0.1, -0.05) is 116 Å². The van der Waals surface area contributed by atoms with Crippen LogP contribution in [0.2, 0.25) is 0 Å². The fourth-order valence-electron chi connectivity index (χ4n) is 5.68. The molecule has 0 bridgehead atoms. The summed E-state index contributed by atoms with van der Waals surface area (Å²) in [5, 5.41) is 3.38. The molecule has 0 aliphatic carbocycles. The van der Waals surface area contributed by atoms with E-state index in [0.717, 1.165) is 43.7 Å². The molecule has 2 heterocycles. The van der Waals surface area contributed by atoms with Crippen LogP contribution in [0.15, 0.2) is 36.5 Å². The Morgan fingerprint density at radius 3 is 2.07 bits per heavy atom. The van der Waals surface area contributed by atoms with Crippen molar-refractivity contribution in [2.75, 3.05) is 18.5 Å². The van der Waals surface area contributed by atoms with E-state index in [0.29, 0.717) is 30.5 Å². The molecule has 1 N–H and O–H groups in total. The molecule has 2 aliphatic rings. The number of hydrogen-bond acceptors (Lipinski definition) is 5. The number of benzene rings is 1. The highest BCUT2D eigenvalue weighted by Crippen LogP contribution is 2.32. The normalized spacial score (nSPS) is 19.2. The number of carbonyl (C=O) groups excluding carboxylic acids is 1. The molecule has 3 unspecified atom stereocenters. The van der Waals surface area contributed by atoms with Crippen molar-refractivity contribution in [3.8, 4) is 0 Å². The van der Waals surface area contributed by atoms with Crippen molar-refractivity contribution in [2.45, 2.75) is 160 Å². The lowest BCUT2D eigenvalue weighted by Gasteiger charge is -2.11. The molecule has 0 radical (unpaired) electrons. The van der Waals surface area contributed by atoms with Crippen molar-refractivity contribution in [1.29, 1.82) is 0 Å². The number of unbranched alkanes of at least 4 members (excludes halogenated alkanes) is 14. The molecule has 3 rings (SSSR count). The van der Waals surface area contributed by atoms with Gasteiger partial charge in [-0.2, -0.15) is 0 Å². The van der Waals surface area contributed by atoms with Gasteiger partial charge >= 0.3 is 5.97 Å². The molecule has 3 atom stereocenters. The van der Waals surface area contributed by atoms with E-state index in [1.54, 1.807) is 0 Å². The lowest BCUT2D eigenvalue weighted by Crippen LogP contribution is -2.07. The summed E-state index contributed by atoms with van der Waals surface area (Å²) in [5.41, 5.74) is 2.50. The standard InChI is InChI=1S/C36H59NO4/c1-3-4-5-6-11-17-25-34-35(41-34)26-18-13-12-15-21-30(2)37-32-23-20-22-31(28-32)36(38)39-27-19-14-9-7-8-10-16-24-33-29-40-33/h20,22-23,28,33-35,37H,2-19,21,24-27,29H2,1H3. The number of rotatable bonds is 27. The van der Waals surface area contributed by atoms with Crippen LogP contribution in [0.5, 0.6) is 0 Å². The van der Waals surface area contributed by atoms with Crippen LogP contribution in [-0.2, 0) is 14.2 Å². The highest BCUT2D eigenvalue weighted by Gasteiger charge is 2.36. The molecule has 0 saturated carbocycles. The van der Waals surface area contributed by atoms with E-state index in [1.807, 2.05) is 24.3 Å². The Morgan fingerprint density at radius 2 is 1.41 bits per heavy atom. The van der Waals surface area contributed by atoms with Crippen LogP contribution in [-0.4, -0.2) is 37.5 Å². The van der Waals surface area contributed by atoms with Crippen LogP contribution >= 0.6 is 0 Å². The van der Waals surface area contributed by atoms with Crippen LogP contribution in [0.4, 0.5) is 5.69 Å². The second-order valence-corrected chi connectivity index (χ2v) is 12.4. The summed E-state index contributed by atoms with van der Waals surface area (Å²) < 4.78 is 16.7. The van der Waals surface area contributed by atoms with Gasteiger partial charge < -0.3 is 19.5 Å². The van der Waals surface area contributed by atoms with Gasteiger partial charge in [0.05, 0.1) is 37.1 Å². The first-order valence-corrected chi connectivity index (χ1v) is 17.1. The molecule has 2 fully saturated rings. The van der Waals surface area contributed by atoms with Gasteiger partial charge in [0.2, 0.25) is 0 Å². The summed E-state index contributed by atoms with van der Waals surface area (Å²) in [6.07, 6.45) is 27.8. The summed E-state index contributed by atoms with van der Waals surface area (Å²) in [5.74, 6) is -0.240. The molecule has 5 nitrogen and oxygen atoms in total. The fourth-order valence-corrected chi connectivity index (χ4v) is 5.68. The number of esters is 1. The fraction of sp³-hybridized carbons (Fsp3) is 0.750. The number of epoxide rings is 2. The van der Waals surface area contributed by atoms with Gasteiger partial charge in [-0.05, 0) is 56.7 Å². The van der Waals surface area contributed by atoms with E-state index in [-0.39, 0.29) is 5.97 Å². The first-order chi connectivity index (χ1) is 20.2. The zero-order chi connectivity index (χ0) is 29.0. The van der Waals surface area contributed by atoms with Gasteiger partial charge in [0.25, 0.3) is 0 Å². The first-order valence-electron chi connectivity index (χ1n) is 17.1. The van der Waals surface area contributed by atoms with E-state index < -0.39 is 0 Å². The Kier molecular flexibility index (Phi) is 17.2. The zero-order valence-electron chi connectivity index (χ0n) is 26.1. The van der Waals surface area contributed by atoms with Crippen LogP contribution in [0.3, 0.4) is 0 Å². The Balaban J connectivity index is 1.13. The minimum absolute atomic E-state index is 0.240. The maximum Gasteiger partial charge on any atom is 0.338 e. The maximum atomic E-state index is 12.5. The summed E-state index contributed by atoms with van der Waals surface area (Å²) >= 11 is 0. The molecule has 0 amide bonds. The molecule has 2 aliphatic heterocycles. The number of allylic oxidation sites excluding steroid dienone is 1. The lowest BCUT2D eigenvalue weighted by molar-refractivity contribution is 0.0497. The molecule has 2 saturated heterocycles. The van der Waals surface area contributed by atoms with E-state index in [1.165, 1.54) is 109 Å². The number of carbonyl (C=O) groups is 1. The van der Waals surface area contributed by atoms with Crippen molar-refractivity contribution >= 4 is 11.7 Å². The van der Waals surface area contributed by atoms with Crippen molar-refractivity contribution in [2.24, 2.45) is 0 Å². The SMILES string of the molecule is C=C(CCCCCCC1OC1CCCCCCCC)Nc1cccc(C(=O)OCCCCCCCCCC2CO2)c1. The smallest absolute Gasteiger partial charge is 0.338 e. The predicted molar refractivity (Wildman–Crippen MR) is 171 cm³/mol. The summed E-state index contributed by atoms with van der Waals surface area (Å²) in [6, 6.07) is 7.58. The van der Waals surface area contributed by atoms with E-state index in [2.05, 4.69) is 18.8 Å².